The van der Waals surface area contributed by atoms with Gasteiger partial charge in [-0.1, -0.05) is 0 Å². The van der Waals surface area contributed by atoms with Crippen molar-refractivity contribution in [3.63, 3.8) is 0 Å². The predicted octanol–water partition coefficient (Wildman–Crippen LogP) is -0.673. The molecule has 1 aromatic heterocycles. The van der Waals surface area contributed by atoms with E-state index < -0.39 is 26.3 Å². The first-order valence-electron chi connectivity index (χ1n) is 2.81. The van der Waals surface area contributed by atoms with Crippen molar-refractivity contribution in [2.75, 3.05) is 0 Å². The van der Waals surface area contributed by atoms with Crippen molar-refractivity contribution in [2.45, 2.75) is 4.90 Å². The monoisotopic (exact) mass is 191 g/mol. The Bertz CT molecular complexity index is 445. The Morgan fingerprint density at radius 2 is 2.00 bits per heavy atom. The highest BCUT2D eigenvalue weighted by Gasteiger charge is 2.19. The maximum atomic E-state index is 10.7. The molecule has 1 rings (SSSR count). The molecule has 6 nitrogen and oxygen atoms in total. The zero-order chi connectivity index (χ0) is 9.35. The van der Waals surface area contributed by atoms with Crippen LogP contribution in [0.2, 0.25) is 0 Å². The Morgan fingerprint density at radius 1 is 1.42 bits per heavy atom. The summed E-state index contributed by atoms with van der Waals surface area (Å²) < 4.78 is 29.3. The van der Waals surface area contributed by atoms with Gasteiger partial charge < -0.3 is 10.1 Å². The fourth-order valence-corrected chi connectivity index (χ4v) is 1.33. The Labute approximate surface area is 67.2 Å². The van der Waals surface area contributed by atoms with Gasteiger partial charge in [0.25, 0.3) is 5.56 Å². The van der Waals surface area contributed by atoms with Gasteiger partial charge in [0, 0.05) is 6.20 Å². The summed E-state index contributed by atoms with van der Waals surface area (Å²) in [5.41, 5.74) is -1.06. The van der Waals surface area contributed by atoms with Gasteiger partial charge in [-0.15, -0.1) is 0 Å². The highest BCUT2D eigenvalue weighted by Crippen LogP contribution is 2.15. The third kappa shape index (κ3) is 1.46. The van der Waals surface area contributed by atoms with Crippen LogP contribution >= 0.6 is 0 Å². The van der Waals surface area contributed by atoms with E-state index >= 15 is 0 Å². The van der Waals surface area contributed by atoms with E-state index in [0.717, 1.165) is 12.3 Å². The molecule has 0 amide bonds. The van der Waals surface area contributed by atoms with E-state index in [0.29, 0.717) is 0 Å². The van der Waals surface area contributed by atoms with Gasteiger partial charge in [0.15, 0.2) is 0 Å². The van der Waals surface area contributed by atoms with Crippen LogP contribution in [0.4, 0.5) is 0 Å². The summed E-state index contributed by atoms with van der Waals surface area (Å²) in [6.07, 6.45) is 1.06. The average Bonchev–Trinajstić information content (AvgIpc) is 1.82. The van der Waals surface area contributed by atoms with Gasteiger partial charge in [0.1, 0.15) is 5.75 Å². The standard InChI is InChI=1S/C5H5NO5S/c7-3-1-2-6-5(8)4(3)12(9,10)11/h1-2H,(H2,6,7,8)(H,9,10,11). The fraction of sp³-hybridized carbons (Fsp3) is 0. The predicted molar refractivity (Wildman–Crippen MR) is 38.5 cm³/mol. The lowest BCUT2D eigenvalue weighted by Crippen LogP contribution is -2.16. The van der Waals surface area contributed by atoms with Crippen LogP contribution in [0.5, 0.6) is 5.75 Å². The van der Waals surface area contributed by atoms with Gasteiger partial charge in [-0.05, 0) is 6.07 Å². The largest absolute Gasteiger partial charge is 0.506 e. The lowest BCUT2D eigenvalue weighted by molar-refractivity contribution is 0.439. The van der Waals surface area contributed by atoms with Crippen molar-refractivity contribution >= 4 is 10.1 Å². The molecule has 0 bridgehead atoms. The van der Waals surface area contributed by atoms with Crippen LogP contribution in [0.25, 0.3) is 0 Å². The van der Waals surface area contributed by atoms with E-state index in [1.165, 1.54) is 0 Å². The van der Waals surface area contributed by atoms with E-state index in [4.69, 9.17) is 9.66 Å². The first-order chi connectivity index (χ1) is 5.43. The Kier molecular flexibility index (Phi) is 1.90. The smallest absolute Gasteiger partial charge is 0.303 e. The summed E-state index contributed by atoms with van der Waals surface area (Å²) in [6.45, 7) is 0. The molecule has 66 valence electrons. The number of pyridine rings is 1. The highest BCUT2D eigenvalue weighted by molar-refractivity contribution is 7.86. The van der Waals surface area contributed by atoms with E-state index in [2.05, 4.69) is 0 Å². The van der Waals surface area contributed by atoms with Crippen molar-refractivity contribution in [3.8, 4) is 5.75 Å². The molecule has 0 aliphatic carbocycles. The first-order valence-corrected chi connectivity index (χ1v) is 4.25. The van der Waals surface area contributed by atoms with E-state index in [9.17, 15) is 13.2 Å². The Morgan fingerprint density at radius 3 is 2.33 bits per heavy atom. The van der Waals surface area contributed by atoms with Crippen LogP contribution in [0.15, 0.2) is 22.0 Å². The minimum absolute atomic E-state index is 0.777. The second kappa shape index (κ2) is 2.61. The van der Waals surface area contributed by atoms with Crippen LogP contribution in [0.3, 0.4) is 0 Å². The van der Waals surface area contributed by atoms with Crippen LogP contribution in [-0.4, -0.2) is 23.1 Å². The molecule has 0 unspecified atom stereocenters. The molecule has 0 spiro atoms. The lowest BCUT2D eigenvalue weighted by Gasteiger charge is -1.96. The molecule has 7 heteroatoms. The second-order valence-corrected chi connectivity index (χ2v) is 3.35. The minimum atomic E-state index is -4.66. The summed E-state index contributed by atoms with van der Waals surface area (Å²) in [5, 5.41) is 8.87. The molecule has 0 saturated carbocycles. The molecule has 1 heterocycles. The molecule has 3 N–H and O–H groups in total. The summed E-state index contributed by atoms with van der Waals surface area (Å²) in [4.78, 5) is 11.7. The van der Waals surface area contributed by atoms with Gasteiger partial charge in [0.05, 0.1) is 0 Å². The number of hydrogen-bond acceptors (Lipinski definition) is 4. The van der Waals surface area contributed by atoms with Crippen LogP contribution in [0, 0.1) is 0 Å². The van der Waals surface area contributed by atoms with Gasteiger partial charge >= 0.3 is 10.1 Å². The molecule has 0 saturated heterocycles. The van der Waals surface area contributed by atoms with Gasteiger partial charge in [0.2, 0.25) is 4.90 Å². The molecule has 0 radical (unpaired) electrons. The normalized spacial score (nSPS) is 11.4. The Balaban J connectivity index is 3.65. The first kappa shape index (κ1) is 8.75. The number of H-pyrrole nitrogens is 1. The molecule has 0 aromatic carbocycles. The third-order valence-electron chi connectivity index (χ3n) is 1.15. The van der Waals surface area contributed by atoms with Crippen LogP contribution in [-0.2, 0) is 10.1 Å². The van der Waals surface area contributed by atoms with Gasteiger partial charge in [-0.25, -0.2) is 0 Å². The quantitative estimate of drug-likeness (QED) is 0.510. The highest BCUT2D eigenvalue weighted by atomic mass is 32.2. The molecule has 0 fully saturated rings. The summed E-state index contributed by atoms with van der Waals surface area (Å²) in [6, 6.07) is 0.949. The maximum absolute atomic E-state index is 10.7. The molecular formula is C5H5NO5S. The molecule has 1 aromatic rings. The Hall–Kier alpha value is -1.34. The molecule has 12 heavy (non-hydrogen) atoms. The van der Waals surface area contributed by atoms with Crippen molar-refractivity contribution < 1.29 is 18.1 Å². The third-order valence-corrected chi connectivity index (χ3v) is 2.06. The zero-order valence-corrected chi connectivity index (χ0v) is 6.50. The number of aromatic amines is 1. The zero-order valence-electron chi connectivity index (χ0n) is 5.68. The van der Waals surface area contributed by atoms with Crippen molar-refractivity contribution in [2.24, 2.45) is 0 Å². The second-order valence-electron chi connectivity index (χ2n) is 2.00. The topological polar surface area (TPSA) is 107 Å². The molecule has 0 atom stereocenters. The van der Waals surface area contributed by atoms with Gasteiger partial charge in [-0.2, -0.15) is 8.42 Å². The average molecular weight is 191 g/mol. The van der Waals surface area contributed by atoms with Crippen molar-refractivity contribution in [1.82, 2.24) is 4.98 Å². The minimum Gasteiger partial charge on any atom is -0.506 e. The van der Waals surface area contributed by atoms with E-state index in [1.54, 1.807) is 0 Å². The van der Waals surface area contributed by atoms with Crippen LogP contribution in [0.1, 0.15) is 0 Å². The summed E-state index contributed by atoms with van der Waals surface area (Å²) in [5.74, 6) is -0.777. The van der Waals surface area contributed by atoms with E-state index in [-0.39, 0.29) is 0 Å². The van der Waals surface area contributed by atoms with Crippen LogP contribution < -0.4 is 5.56 Å². The molecule has 0 aliphatic rings. The van der Waals surface area contributed by atoms with E-state index in [1.807, 2.05) is 4.98 Å². The summed E-state index contributed by atoms with van der Waals surface area (Å²) in [7, 11) is -4.66. The molecular weight excluding hydrogens is 186 g/mol. The molecule has 0 aliphatic heterocycles. The number of hydrogen-bond donors (Lipinski definition) is 3. The number of aromatic nitrogens is 1. The SMILES string of the molecule is O=c1[nH]ccc(O)c1S(=O)(=O)O. The maximum Gasteiger partial charge on any atom is 0.303 e. The fourth-order valence-electron chi connectivity index (χ4n) is 0.703. The number of aromatic hydroxyl groups is 1. The van der Waals surface area contributed by atoms with Crippen molar-refractivity contribution in [3.05, 3.63) is 22.6 Å². The van der Waals surface area contributed by atoms with Gasteiger partial charge in [-0.3, -0.25) is 9.35 Å². The van der Waals surface area contributed by atoms with Crippen molar-refractivity contribution in [1.29, 1.82) is 0 Å². The summed E-state index contributed by atoms with van der Waals surface area (Å²) >= 11 is 0. The lowest BCUT2D eigenvalue weighted by atomic mass is 10.4. The number of rotatable bonds is 1. The number of nitrogens with one attached hydrogen (secondary N) is 1.